The number of nitrogens with one attached hydrogen (secondary N) is 1. The van der Waals surface area contributed by atoms with Crippen LogP contribution in [-0.4, -0.2) is 42.9 Å². The van der Waals surface area contributed by atoms with Crippen molar-refractivity contribution in [2.24, 2.45) is 11.0 Å². The van der Waals surface area contributed by atoms with E-state index in [4.69, 9.17) is 0 Å². The number of carbonyl (C=O) groups excluding carboxylic acids is 1. The number of rotatable bonds is 5. The summed E-state index contributed by atoms with van der Waals surface area (Å²) in [5, 5.41) is 3.93. The molecule has 1 fully saturated rings. The van der Waals surface area contributed by atoms with Gasteiger partial charge >= 0.3 is 0 Å². The second-order valence-corrected chi connectivity index (χ2v) is 7.97. The van der Waals surface area contributed by atoms with Crippen LogP contribution in [-0.2, 0) is 14.8 Å². The Hall–Kier alpha value is -2.58. The third kappa shape index (κ3) is 4.33. The maximum atomic E-state index is 12.7. The molecule has 1 amide bonds. The Bertz CT molecular complexity index is 870. The minimum atomic E-state index is -3.59. The lowest BCUT2D eigenvalue weighted by molar-refractivity contribution is -0.126. The predicted molar refractivity (Wildman–Crippen MR) is 97.9 cm³/mol. The fraction of sp³-hybridized carbons (Fsp3) is 0.278. The van der Waals surface area contributed by atoms with Gasteiger partial charge in [0, 0.05) is 31.0 Å². The first-order valence-electron chi connectivity index (χ1n) is 8.35. The molecule has 1 saturated heterocycles. The second-order valence-electron chi connectivity index (χ2n) is 6.04. The van der Waals surface area contributed by atoms with Gasteiger partial charge in [-0.3, -0.25) is 9.78 Å². The summed E-state index contributed by atoms with van der Waals surface area (Å²) in [6.07, 6.45) is 6.06. The van der Waals surface area contributed by atoms with Gasteiger partial charge in [-0.2, -0.15) is 9.41 Å². The van der Waals surface area contributed by atoms with Crippen molar-refractivity contribution in [2.45, 2.75) is 17.7 Å². The van der Waals surface area contributed by atoms with Crippen LogP contribution in [0.25, 0.3) is 0 Å². The fourth-order valence-corrected chi connectivity index (χ4v) is 4.38. The van der Waals surface area contributed by atoms with Crippen molar-refractivity contribution < 1.29 is 13.2 Å². The highest BCUT2D eigenvalue weighted by molar-refractivity contribution is 7.89. The van der Waals surface area contributed by atoms with Crippen molar-refractivity contribution in [1.82, 2.24) is 14.7 Å². The zero-order chi connectivity index (χ0) is 18.4. The molecule has 0 spiro atoms. The fourth-order valence-electron chi connectivity index (χ4n) is 2.83. The van der Waals surface area contributed by atoms with Crippen LogP contribution in [0.2, 0.25) is 0 Å². The number of nitrogens with zero attached hydrogens (tertiary/aromatic N) is 3. The Kier molecular flexibility index (Phi) is 5.75. The van der Waals surface area contributed by atoms with Gasteiger partial charge in [0.15, 0.2) is 0 Å². The SMILES string of the molecule is O=C(N/N=C\c1cccnc1)[C@H]1CCCN(S(=O)(=O)c2ccccc2)C1. The predicted octanol–water partition coefficient (Wildman–Crippen LogP) is 1.63. The van der Waals surface area contributed by atoms with E-state index in [0.29, 0.717) is 19.4 Å². The number of amides is 1. The van der Waals surface area contributed by atoms with E-state index in [2.05, 4.69) is 15.5 Å². The van der Waals surface area contributed by atoms with Gasteiger partial charge < -0.3 is 0 Å². The van der Waals surface area contributed by atoms with Crippen LogP contribution < -0.4 is 5.43 Å². The van der Waals surface area contributed by atoms with Crippen LogP contribution in [0, 0.1) is 5.92 Å². The van der Waals surface area contributed by atoms with Gasteiger partial charge in [-0.15, -0.1) is 0 Å². The third-order valence-corrected chi connectivity index (χ3v) is 6.09. The molecular formula is C18H20N4O3S. The number of pyridine rings is 1. The van der Waals surface area contributed by atoms with Crippen molar-refractivity contribution in [1.29, 1.82) is 0 Å². The number of benzene rings is 1. The maximum absolute atomic E-state index is 12.7. The van der Waals surface area contributed by atoms with E-state index >= 15 is 0 Å². The number of piperidine rings is 1. The van der Waals surface area contributed by atoms with Crippen LogP contribution in [0.15, 0.2) is 64.9 Å². The van der Waals surface area contributed by atoms with Crippen LogP contribution in [0.1, 0.15) is 18.4 Å². The number of hydrogen-bond acceptors (Lipinski definition) is 5. The van der Waals surface area contributed by atoms with Crippen molar-refractivity contribution in [2.75, 3.05) is 13.1 Å². The molecule has 0 bridgehead atoms. The first kappa shape index (κ1) is 18.2. The molecule has 7 nitrogen and oxygen atoms in total. The number of sulfonamides is 1. The lowest BCUT2D eigenvalue weighted by atomic mass is 9.99. The van der Waals surface area contributed by atoms with Crippen molar-refractivity contribution >= 4 is 22.1 Å². The topological polar surface area (TPSA) is 91.7 Å². The van der Waals surface area contributed by atoms with Crippen molar-refractivity contribution in [3.8, 4) is 0 Å². The Morgan fingerprint density at radius 1 is 1.23 bits per heavy atom. The number of carbonyl (C=O) groups is 1. The molecule has 0 unspecified atom stereocenters. The van der Waals surface area contributed by atoms with Gasteiger partial charge in [0.1, 0.15) is 0 Å². The van der Waals surface area contributed by atoms with Gasteiger partial charge in [-0.05, 0) is 31.0 Å². The molecule has 1 aliphatic heterocycles. The van der Waals surface area contributed by atoms with E-state index in [1.807, 2.05) is 6.07 Å². The summed E-state index contributed by atoms with van der Waals surface area (Å²) in [6.45, 7) is 0.575. The summed E-state index contributed by atoms with van der Waals surface area (Å²) in [5.41, 5.74) is 3.26. The van der Waals surface area contributed by atoms with Crippen LogP contribution >= 0.6 is 0 Å². The highest BCUT2D eigenvalue weighted by Gasteiger charge is 2.33. The van der Waals surface area contributed by atoms with E-state index in [9.17, 15) is 13.2 Å². The summed E-state index contributed by atoms with van der Waals surface area (Å²) in [6, 6.07) is 11.9. The van der Waals surface area contributed by atoms with Crippen molar-refractivity contribution in [3.05, 3.63) is 60.4 Å². The first-order chi connectivity index (χ1) is 12.6. The first-order valence-corrected chi connectivity index (χ1v) is 9.79. The normalized spacial score (nSPS) is 18.7. The zero-order valence-corrected chi connectivity index (χ0v) is 15.0. The van der Waals surface area contributed by atoms with E-state index in [1.54, 1.807) is 48.8 Å². The minimum Gasteiger partial charge on any atom is -0.273 e. The Morgan fingerprint density at radius 3 is 2.77 bits per heavy atom. The molecule has 1 aromatic heterocycles. The van der Waals surface area contributed by atoms with E-state index < -0.39 is 15.9 Å². The van der Waals surface area contributed by atoms with Gasteiger partial charge in [0.2, 0.25) is 15.9 Å². The molecule has 3 rings (SSSR count). The lowest BCUT2D eigenvalue weighted by Gasteiger charge is -2.30. The summed E-state index contributed by atoms with van der Waals surface area (Å²) >= 11 is 0. The molecule has 1 aliphatic rings. The number of hydrogen-bond donors (Lipinski definition) is 1. The van der Waals surface area contributed by atoms with Gasteiger partial charge in [0.25, 0.3) is 0 Å². The van der Waals surface area contributed by atoms with Gasteiger partial charge in [0.05, 0.1) is 17.0 Å². The molecule has 8 heteroatoms. The Morgan fingerprint density at radius 2 is 2.04 bits per heavy atom. The summed E-state index contributed by atoms with van der Waals surface area (Å²) in [7, 11) is -3.59. The monoisotopic (exact) mass is 372 g/mol. The van der Waals surface area contributed by atoms with Gasteiger partial charge in [-0.1, -0.05) is 24.3 Å². The average molecular weight is 372 g/mol. The standard InChI is InChI=1S/C18H20N4O3S/c23-18(21-20-13-15-6-4-10-19-12-15)16-7-5-11-22(14-16)26(24,25)17-8-2-1-3-9-17/h1-4,6,8-10,12-13,16H,5,7,11,14H2,(H,21,23)/b20-13-/t16-/m0/s1. The summed E-state index contributed by atoms with van der Waals surface area (Å²) in [4.78, 5) is 16.5. The molecule has 2 heterocycles. The minimum absolute atomic E-state index is 0.158. The molecule has 1 atom stereocenters. The number of hydrazone groups is 1. The second kappa shape index (κ2) is 8.20. The van der Waals surface area contributed by atoms with E-state index in [-0.39, 0.29) is 17.3 Å². The molecule has 0 saturated carbocycles. The third-order valence-electron chi connectivity index (χ3n) is 4.21. The van der Waals surface area contributed by atoms with Crippen LogP contribution in [0.3, 0.4) is 0 Å². The molecule has 0 radical (unpaired) electrons. The summed E-state index contributed by atoms with van der Waals surface area (Å²) < 4.78 is 26.8. The summed E-state index contributed by atoms with van der Waals surface area (Å²) in [5.74, 6) is -0.702. The van der Waals surface area contributed by atoms with E-state index in [0.717, 1.165) is 5.56 Å². The average Bonchev–Trinajstić information content (AvgIpc) is 2.69. The Labute approximate surface area is 152 Å². The largest absolute Gasteiger partial charge is 0.273 e. The highest BCUT2D eigenvalue weighted by Crippen LogP contribution is 2.23. The molecule has 136 valence electrons. The smallest absolute Gasteiger partial charge is 0.244 e. The van der Waals surface area contributed by atoms with Crippen molar-refractivity contribution in [3.63, 3.8) is 0 Å². The maximum Gasteiger partial charge on any atom is 0.244 e. The van der Waals surface area contributed by atoms with E-state index in [1.165, 1.54) is 10.5 Å². The molecule has 26 heavy (non-hydrogen) atoms. The quantitative estimate of drug-likeness (QED) is 0.638. The van der Waals surface area contributed by atoms with Crippen LogP contribution in [0.4, 0.5) is 0 Å². The molecule has 0 aliphatic carbocycles. The molecular weight excluding hydrogens is 352 g/mol. The Balaban J connectivity index is 1.63. The van der Waals surface area contributed by atoms with Crippen LogP contribution in [0.5, 0.6) is 0 Å². The lowest BCUT2D eigenvalue weighted by Crippen LogP contribution is -2.44. The molecule has 1 aromatic carbocycles. The highest BCUT2D eigenvalue weighted by atomic mass is 32.2. The van der Waals surface area contributed by atoms with Gasteiger partial charge in [-0.25, -0.2) is 13.8 Å². The molecule has 2 aromatic rings. The zero-order valence-electron chi connectivity index (χ0n) is 14.2. The number of aromatic nitrogens is 1. The molecule has 1 N–H and O–H groups in total.